The lowest BCUT2D eigenvalue weighted by molar-refractivity contribution is -0.141. The predicted molar refractivity (Wildman–Crippen MR) is 81.0 cm³/mol. The molecule has 116 valence electrons. The summed E-state index contributed by atoms with van der Waals surface area (Å²) >= 11 is 0. The molecule has 0 spiro atoms. The van der Waals surface area contributed by atoms with Crippen molar-refractivity contribution in [2.45, 2.75) is 32.7 Å². The molecule has 1 aromatic carbocycles. The summed E-state index contributed by atoms with van der Waals surface area (Å²) in [6, 6.07) is 5.09. The number of carbonyl (C=O) groups is 1. The van der Waals surface area contributed by atoms with Gasteiger partial charge in [0.25, 0.3) is 0 Å². The fourth-order valence-corrected chi connectivity index (χ4v) is 2.72. The molecule has 0 aliphatic carbocycles. The van der Waals surface area contributed by atoms with E-state index in [4.69, 9.17) is 5.11 Å². The summed E-state index contributed by atoms with van der Waals surface area (Å²) in [6.07, 6.45) is 2.51. The molecule has 0 bridgehead atoms. The van der Waals surface area contributed by atoms with Gasteiger partial charge in [-0.25, -0.2) is 4.39 Å². The molecule has 1 heterocycles. The average Bonchev–Trinajstić information content (AvgIpc) is 2.49. The van der Waals surface area contributed by atoms with E-state index in [9.17, 15) is 9.18 Å². The fraction of sp³-hybridized carbons (Fsp3) is 0.562. The molecule has 21 heavy (non-hydrogen) atoms. The second kappa shape index (κ2) is 7.41. The number of hydrogen-bond acceptors (Lipinski definition) is 3. The molecule has 1 unspecified atom stereocenters. The molecule has 2 rings (SSSR count). The summed E-state index contributed by atoms with van der Waals surface area (Å²) < 4.78 is 14.1. The largest absolute Gasteiger partial charge is 0.481 e. The molecule has 0 amide bonds. The molecule has 0 aromatic heterocycles. The van der Waals surface area contributed by atoms with E-state index >= 15 is 0 Å². The van der Waals surface area contributed by atoms with Gasteiger partial charge in [0.15, 0.2) is 0 Å². The predicted octanol–water partition coefficient (Wildman–Crippen LogP) is 2.63. The van der Waals surface area contributed by atoms with E-state index in [2.05, 4.69) is 12.2 Å². The van der Waals surface area contributed by atoms with Crippen molar-refractivity contribution in [1.82, 2.24) is 5.32 Å². The first-order chi connectivity index (χ1) is 10.1. The van der Waals surface area contributed by atoms with E-state index < -0.39 is 11.9 Å². The minimum atomic E-state index is -0.791. The van der Waals surface area contributed by atoms with E-state index in [0.29, 0.717) is 31.7 Å². The van der Waals surface area contributed by atoms with Gasteiger partial charge in [-0.3, -0.25) is 4.79 Å². The van der Waals surface area contributed by atoms with Gasteiger partial charge in [-0.2, -0.15) is 0 Å². The smallest absolute Gasteiger partial charge is 0.308 e. The van der Waals surface area contributed by atoms with Crippen LogP contribution in [0.2, 0.25) is 0 Å². The monoisotopic (exact) mass is 294 g/mol. The maximum absolute atomic E-state index is 14.1. The SMILES string of the molecule is CCCNCc1ccc(F)c(N2CCCC(C(=O)O)C2)c1. The van der Waals surface area contributed by atoms with Crippen LogP contribution in [0.15, 0.2) is 18.2 Å². The zero-order chi connectivity index (χ0) is 15.2. The van der Waals surface area contributed by atoms with Crippen molar-refractivity contribution < 1.29 is 14.3 Å². The van der Waals surface area contributed by atoms with Gasteiger partial charge in [-0.1, -0.05) is 13.0 Å². The Kier molecular flexibility index (Phi) is 5.56. The summed E-state index contributed by atoms with van der Waals surface area (Å²) in [6.45, 7) is 4.84. The van der Waals surface area contributed by atoms with Crippen LogP contribution in [0.1, 0.15) is 31.7 Å². The minimum absolute atomic E-state index is 0.278. The summed E-state index contributed by atoms with van der Waals surface area (Å²) in [7, 11) is 0. The van der Waals surface area contributed by atoms with Crippen LogP contribution >= 0.6 is 0 Å². The number of carboxylic acid groups (broad SMARTS) is 1. The highest BCUT2D eigenvalue weighted by Gasteiger charge is 2.26. The first-order valence-corrected chi connectivity index (χ1v) is 7.58. The summed E-state index contributed by atoms with van der Waals surface area (Å²) in [5.74, 6) is -1.47. The molecule has 0 radical (unpaired) electrons. The number of anilines is 1. The van der Waals surface area contributed by atoms with Gasteiger partial charge in [-0.05, 0) is 43.5 Å². The summed E-state index contributed by atoms with van der Waals surface area (Å²) in [4.78, 5) is 13.0. The van der Waals surface area contributed by atoms with Gasteiger partial charge < -0.3 is 15.3 Å². The highest BCUT2D eigenvalue weighted by molar-refractivity contribution is 5.71. The fourth-order valence-electron chi connectivity index (χ4n) is 2.72. The third-order valence-corrected chi connectivity index (χ3v) is 3.88. The van der Waals surface area contributed by atoms with E-state index in [0.717, 1.165) is 24.9 Å². The Balaban J connectivity index is 2.10. The molecular formula is C16H23FN2O2. The average molecular weight is 294 g/mol. The molecule has 5 heteroatoms. The number of nitrogens with zero attached hydrogens (tertiary/aromatic N) is 1. The minimum Gasteiger partial charge on any atom is -0.481 e. The van der Waals surface area contributed by atoms with Crippen LogP contribution in [-0.2, 0) is 11.3 Å². The Morgan fingerprint density at radius 2 is 2.33 bits per heavy atom. The van der Waals surface area contributed by atoms with Crippen LogP contribution in [-0.4, -0.2) is 30.7 Å². The summed E-state index contributed by atoms with van der Waals surface area (Å²) in [5, 5.41) is 12.4. The Hall–Kier alpha value is -1.62. The summed E-state index contributed by atoms with van der Waals surface area (Å²) in [5.41, 5.74) is 1.55. The second-order valence-electron chi connectivity index (χ2n) is 5.59. The third-order valence-electron chi connectivity index (χ3n) is 3.88. The number of benzene rings is 1. The second-order valence-corrected chi connectivity index (χ2v) is 5.59. The van der Waals surface area contributed by atoms with Crippen molar-refractivity contribution in [1.29, 1.82) is 0 Å². The highest BCUT2D eigenvalue weighted by Crippen LogP contribution is 2.26. The molecule has 1 aliphatic rings. The number of aliphatic carboxylic acids is 1. The van der Waals surface area contributed by atoms with Gasteiger partial charge in [0.2, 0.25) is 0 Å². The molecule has 1 aliphatic heterocycles. The molecule has 1 aromatic rings. The molecule has 0 saturated carbocycles. The lowest BCUT2D eigenvalue weighted by atomic mass is 9.97. The molecule has 1 atom stereocenters. The number of hydrogen-bond donors (Lipinski definition) is 2. The van der Waals surface area contributed by atoms with E-state index in [-0.39, 0.29) is 5.82 Å². The Labute approximate surface area is 125 Å². The van der Waals surface area contributed by atoms with Crippen LogP contribution in [0.3, 0.4) is 0 Å². The molecular weight excluding hydrogens is 271 g/mol. The highest BCUT2D eigenvalue weighted by atomic mass is 19.1. The first kappa shape index (κ1) is 15.8. The van der Waals surface area contributed by atoms with E-state index in [1.165, 1.54) is 6.07 Å². The maximum Gasteiger partial charge on any atom is 0.308 e. The quantitative estimate of drug-likeness (QED) is 0.792. The van der Waals surface area contributed by atoms with Crippen molar-refractivity contribution in [3.63, 3.8) is 0 Å². The molecule has 2 N–H and O–H groups in total. The van der Waals surface area contributed by atoms with Gasteiger partial charge in [0.05, 0.1) is 11.6 Å². The van der Waals surface area contributed by atoms with Gasteiger partial charge in [0, 0.05) is 19.6 Å². The lowest BCUT2D eigenvalue weighted by Gasteiger charge is -2.33. The standard InChI is InChI=1S/C16H23FN2O2/c1-2-7-18-10-12-5-6-14(17)15(9-12)19-8-3-4-13(11-19)16(20)21/h5-6,9,13,18H,2-4,7-8,10-11H2,1H3,(H,20,21). The van der Waals surface area contributed by atoms with Crippen molar-refractivity contribution in [2.75, 3.05) is 24.5 Å². The zero-order valence-corrected chi connectivity index (χ0v) is 12.4. The van der Waals surface area contributed by atoms with Crippen LogP contribution < -0.4 is 10.2 Å². The van der Waals surface area contributed by atoms with Crippen molar-refractivity contribution >= 4 is 11.7 Å². The van der Waals surface area contributed by atoms with Crippen LogP contribution in [0.5, 0.6) is 0 Å². The maximum atomic E-state index is 14.1. The van der Waals surface area contributed by atoms with E-state index in [1.54, 1.807) is 6.07 Å². The van der Waals surface area contributed by atoms with Gasteiger partial charge >= 0.3 is 5.97 Å². The third kappa shape index (κ3) is 4.17. The van der Waals surface area contributed by atoms with Crippen molar-refractivity contribution in [2.24, 2.45) is 5.92 Å². The topological polar surface area (TPSA) is 52.6 Å². The van der Waals surface area contributed by atoms with Crippen LogP contribution in [0.25, 0.3) is 0 Å². The molecule has 1 saturated heterocycles. The Morgan fingerprint density at radius 1 is 1.52 bits per heavy atom. The normalized spacial score (nSPS) is 18.8. The number of piperidine rings is 1. The number of nitrogens with one attached hydrogen (secondary N) is 1. The number of rotatable bonds is 6. The number of carboxylic acids is 1. The van der Waals surface area contributed by atoms with Crippen molar-refractivity contribution in [3.8, 4) is 0 Å². The zero-order valence-electron chi connectivity index (χ0n) is 12.4. The van der Waals surface area contributed by atoms with Gasteiger partial charge in [0.1, 0.15) is 5.82 Å². The van der Waals surface area contributed by atoms with Crippen molar-refractivity contribution in [3.05, 3.63) is 29.6 Å². The first-order valence-electron chi connectivity index (χ1n) is 7.58. The Morgan fingerprint density at radius 3 is 3.05 bits per heavy atom. The van der Waals surface area contributed by atoms with Crippen LogP contribution in [0.4, 0.5) is 10.1 Å². The lowest BCUT2D eigenvalue weighted by Crippen LogP contribution is -2.39. The van der Waals surface area contributed by atoms with Crippen LogP contribution in [0, 0.1) is 11.7 Å². The molecule has 4 nitrogen and oxygen atoms in total. The Bertz CT molecular complexity index is 493. The molecule has 1 fully saturated rings. The number of halogens is 1. The van der Waals surface area contributed by atoms with Gasteiger partial charge in [-0.15, -0.1) is 0 Å². The van der Waals surface area contributed by atoms with E-state index in [1.807, 2.05) is 11.0 Å².